The van der Waals surface area contributed by atoms with Gasteiger partial charge in [0.25, 0.3) is 11.6 Å². The van der Waals surface area contributed by atoms with Gasteiger partial charge in [-0.25, -0.2) is 14.6 Å². The number of carbonyl (C=O) groups is 3. The van der Waals surface area contributed by atoms with Crippen LogP contribution < -0.4 is 15.4 Å². The second-order valence-electron chi connectivity index (χ2n) is 6.84. The van der Waals surface area contributed by atoms with Crippen molar-refractivity contribution in [2.75, 3.05) is 25.1 Å². The Hall–Kier alpha value is -4.26. The monoisotopic (exact) mass is 502 g/mol. The van der Waals surface area contributed by atoms with Crippen LogP contribution in [0.4, 0.5) is 16.5 Å². The molecule has 0 aliphatic carbocycles. The number of anilines is 2. The number of hydrogen-bond acceptors (Lipinski definition) is 11. The number of fused-ring (bicyclic) bond motifs is 1. The predicted molar refractivity (Wildman–Crippen MR) is 127 cm³/mol. The molecule has 1 heterocycles. The highest BCUT2D eigenvalue weighted by atomic mass is 32.1. The molecule has 0 spiro atoms. The number of rotatable bonds is 11. The van der Waals surface area contributed by atoms with Crippen molar-refractivity contribution in [3.63, 3.8) is 0 Å². The molecule has 12 nitrogen and oxygen atoms in total. The van der Waals surface area contributed by atoms with E-state index in [0.29, 0.717) is 5.13 Å². The molecule has 1 aromatic heterocycles. The molecule has 0 aliphatic heterocycles. The standard InChI is InChI=1S/C22H22N4O8S/c1-3-32-20(28)19(21(29)33-4-2)25-18(27)12-34-13-9-10-14(16(11-13)26(30)31)23-22-24-15-7-5-6-8-17(15)35-22/h5-11,19H,3-4,12H2,1-2H3,(H,23,24)(H,25,27). The van der Waals surface area contributed by atoms with Crippen molar-refractivity contribution >= 4 is 55.9 Å². The fourth-order valence-corrected chi connectivity index (χ4v) is 3.79. The lowest BCUT2D eigenvalue weighted by Gasteiger charge is -2.16. The lowest BCUT2D eigenvalue weighted by molar-refractivity contribution is -0.384. The molecular formula is C22H22N4O8S. The highest BCUT2D eigenvalue weighted by molar-refractivity contribution is 7.22. The number of para-hydroxylation sites is 1. The average molecular weight is 503 g/mol. The third-order valence-electron chi connectivity index (χ3n) is 4.42. The number of esters is 2. The van der Waals surface area contributed by atoms with E-state index in [1.54, 1.807) is 13.8 Å². The van der Waals surface area contributed by atoms with Crippen molar-refractivity contribution in [2.45, 2.75) is 19.9 Å². The fourth-order valence-electron chi connectivity index (χ4n) is 2.92. The smallest absolute Gasteiger partial charge is 0.340 e. The van der Waals surface area contributed by atoms with Gasteiger partial charge in [-0.1, -0.05) is 23.5 Å². The summed E-state index contributed by atoms with van der Waals surface area (Å²) in [6.45, 7) is 2.49. The summed E-state index contributed by atoms with van der Waals surface area (Å²) in [6.07, 6.45) is 0. The number of benzene rings is 2. The lowest BCUT2D eigenvalue weighted by atomic mass is 10.2. The van der Waals surface area contributed by atoms with E-state index in [0.717, 1.165) is 16.3 Å². The maximum atomic E-state index is 12.3. The van der Waals surface area contributed by atoms with Gasteiger partial charge in [0.15, 0.2) is 11.7 Å². The molecule has 184 valence electrons. The Kier molecular flexibility index (Phi) is 8.51. The number of hydrogen-bond donors (Lipinski definition) is 2. The Labute approximate surface area is 203 Å². The topological polar surface area (TPSA) is 159 Å². The Morgan fingerprint density at radius 1 is 1.09 bits per heavy atom. The molecule has 0 saturated heterocycles. The van der Waals surface area contributed by atoms with E-state index >= 15 is 0 Å². The minimum absolute atomic E-state index is 0.00216. The number of carbonyl (C=O) groups excluding carboxylic acids is 3. The highest BCUT2D eigenvalue weighted by Crippen LogP contribution is 2.34. The van der Waals surface area contributed by atoms with E-state index < -0.39 is 35.4 Å². The number of amides is 1. The zero-order valence-electron chi connectivity index (χ0n) is 18.8. The number of nitrogens with one attached hydrogen (secondary N) is 2. The number of nitrogens with zero attached hydrogens (tertiary/aromatic N) is 2. The molecule has 2 aromatic carbocycles. The predicted octanol–water partition coefficient (Wildman–Crippen LogP) is 2.94. The molecule has 0 fully saturated rings. The van der Waals surface area contributed by atoms with E-state index in [2.05, 4.69) is 15.6 Å². The second-order valence-corrected chi connectivity index (χ2v) is 7.87. The SMILES string of the molecule is CCOC(=O)C(NC(=O)COc1ccc(Nc2nc3ccccc3s2)c([N+](=O)[O-])c1)C(=O)OCC. The quantitative estimate of drug-likeness (QED) is 0.173. The van der Waals surface area contributed by atoms with Gasteiger partial charge in [0.1, 0.15) is 11.4 Å². The second kappa shape index (κ2) is 11.7. The molecule has 13 heteroatoms. The normalized spacial score (nSPS) is 10.6. The first kappa shape index (κ1) is 25.4. The van der Waals surface area contributed by atoms with Gasteiger partial charge in [-0.3, -0.25) is 14.9 Å². The molecule has 2 N–H and O–H groups in total. The van der Waals surface area contributed by atoms with E-state index in [1.165, 1.54) is 23.5 Å². The number of ether oxygens (including phenoxy) is 3. The molecule has 0 radical (unpaired) electrons. The first-order valence-electron chi connectivity index (χ1n) is 10.5. The average Bonchev–Trinajstić information content (AvgIpc) is 3.24. The molecule has 35 heavy (non-hydrogen) atoms. The molecule has 0 saturated carbocycles. The highest BCUT2D eigenvalue weighted by Gasteiger charge is 2.31. The lowest BCUT2D eigenvalue weighted by Crippen LogP contribution is -2.49. The summed E-state index contributed by atoms with van der Waals surface area (Å²) in [5.74, 6) is -2.73. The molecule has 0 atom stereocenters. The Morgan fingerprint density at radius 3 is 2.40 bits per heavy atom. The van der Waals surface area contributed by atoms with Crippen LogP contribution in [0.25, 0.3) is 10.2 Å². The number of aromatic nitrogens is 1. The summed E-state index contributed by atoms with van der Waals surface area (Å²) in [6, 6.07) is 9.80. The first-order valence-corrected chi connectivity index (χ1v) is 11.3. The number of nitro groups is 1. The first-order chi connectivity index (χ1) is 16.8. The Bertz CT molecular complexity index is 1190. The van der Waals surface area contributed by atoms with E-state index in [9.17, 15) is 24.5 Å². The zero-order valence-corrected chi connectivity index (χ0v) is 19.6. The summed E-state index contributed by atoms with van der Waals surface area (Å²) in [7, 11) is 0. The van der Waals surface area contributed by atoms with Gasteiger partial charge in [0.05, 0.1) is 34.4 Å². The molecule has 0 unspecified atom stereocenters. The number of nitro benzene ring substituents is 1. The van der Waals surface area contributed by atoms with Crippen LogP contribution in [-0.4, -0.2) is 53.6 Å². The summed E-state index contributed by atoms with van der Waals surface area (Å²) >= 11 is 1.34. The van der Waals surface area contributed by atoms with Crippen LogP contribution in [0.2, 0.25) is 0 Å². The third kappa shape index (κ3) is 6.63. The summed E-state index contributed by atoms with van der Waals surface area (Å²) in [5, 5.41) is 17.2. The summed E-state index contributed by atoms with van der Waals surface area (Å²) in [5.41, 5.74) is 0.659. The molecular weight excluding hydrogens is 480 g/mol. The Morgan fingerprint density at radius 2 is 1.77 bits per heavy atom. The van der Waals surface area contributed by atoms with Crippen LogP contribution in [0.1, 0.15) is 13.8 Å². The van der Waals surface area contributed by atoms with Crippen molar-refractivity contribution in [3.8, 4) is 5.75 Å². The summed E-state index contributed by atoms with van der Waals surface area (Å²) in [4.78, 5) is 51.6. The van der Waals surface area contributed by atoms with Crippen LogP contribution in [0, 0.1) is 10.1 Å². The minimum atomic E-state index is -1.65. The van der Waals surface area contributed by atoms with Gasteiger partial charge < -0.3 is 24.8 Å². The largest absolute Gasteiger partial charge is 0.484 e. The Balaban J connectivity index is 1.68. The van der Waals surface area contributed by atoms with Gasteiger partial charge in [-0.05, 0) is 38.1 Å². The maximum absolute atomic E-state index is 12.3. The molecule has 0 aliphatic rings. The van der Waals surface area contributed by atoms with Gasteiger partial charge in [-0.2, -0.15) is 0 Å². The van der Waals surface area contributed by atoms with Crippen molar-refractivity contribution in [3.05, 3.63) is 52.6 Å². The molecule has 3 aromatic rings. The van der Waals surface area contributed by atoms with Gasteiger partial charge in [0.2, 0.25) is 6.04 Å². The molecule has 1 amide bonds. The maximum Gasteiger partial charge on any atom is 0.340 e. The van der Waals surface area contributed by atoms with Gasteiger partial charge in [0, 0.05) is 0 Å². The third-order valence-corrected chi connectivity index (χ3v) is 5.37. The van der Waals surface area contributed by atoms with Crippen LogP contribution >= 0.6 is 11.3 Å². The zero-order chi connectivity index (χ0) is 25.4. The van der Waals surface area contributed by atoms with Gasteiger partial charge >= 0.3 is 11.9 Å². The van der Waals surface area contributed by atoms with Crippen molar-refractivity contribution in [1.29, 1.82) is 0 Å². The molecule has 3 rings (SSSR count). The van der Waals surface area contributed by atoms with E-state index in [-0.39, 0.29) is 30.3 Å². The fraction of sp³-hybridized carbons (Fsp3) is 0.273. The van der Waals surface area contributed by atoms with E-state index in [4.69, 9.17) is 14.2 Å². The minimum Gasteiger partial charge on any atom is -0.484 e. The van der Waals surface area contributed by atoms with Crippen molar-refractivity contribution in [2.24, 2.45) is 0 Å². The summed E-state index contributed by atoms with van der Waals surface area (Å²) < 4.78 is 15.8. The van der Waals surface area contributed by atoms with Gasteiger partial charge in [-0.15, -0.1) is 0 Å². The van der Waals surface area contributed by atoms with Crippen molar-refractivity contribution in [1.82, 2.24) is 10.3 Å². The van der Waals surface area contributed by atoms with Crippen LogP contribution in [0.3, 0.4) is 0 Å². The van der Waals surface area contributed by atoms with Crippen molar-refractivity contribution < 1.29 is 33.5 Å². The number of thiazole rings is 1. The van der Waals surface area contributed by atoms with Crippen LogP contribution in [0.5, 0.6) is 5.75 Å². The van der Waals surface area contributed by atoms with Crippen LogP contribution in [0.15, 0.2) is 42.5 Å². The molecule has 0 bridgehead atoms. The van der Waals surface area contributed by atoms with E-state index in [1.807, 2.05) is 24.3 Å². The van der Waals surface area contributed by atoms with Crippen LogP contribution in [-0.2, 0) is 23.9 Å².